The minimum atomic E-state index is -0.725. The van der Waals surface area contributed by atoms with Crippen LogP contribution in [0.1, 0.15) is 18.4 Å². The molecule has 0 aliphatic carbocycles. The minimum Gasteiger partial charge on any atom is -0.445 e. The summed E-state index contributed by atoms with van der Waals surface area (Å²) < 4.78 is 4.98. The second-order valence-corrected chi connectivity index (χ2v) is 5.86. The summed E-state index contributed by atoms with van der Waals surface area (Å²) >= 11 is 0. The molecule has 136 valence electrons. The average Bonchev–Trinajstić information content (AvgIpc) is 2.64. The van der Waals surface area contributed by atoms with Gasteiger partial charge in [0.1, 0.15) is 13.2 Å². The molecule has 1 fully saturated rings. The number of nitrogens with zero attached hydrogens (tertiary/aromatic N) is 2. The first-order chi connectivity index (χ1) is 12.0. The van der Waals surface area contributed by atoms with Gasteiger partial charge in [-0.3, -0.25) is 14.9 Å². The number of benzene rings is 1. The topological polar surface area (TPSA) is 122 Å². The fourth-order valence-electron chi connectivity index (χ4n) is 2.54. The third-order valence-corrected chi connectivity index (χ3v) is 4.13. The number of hydrogen-bond donors (Lipinski definition) is 2. The first-order valence-corrected chi connectivity index (χ1v) is 8.02. The Morgan fingerprint density at radius 3 is 2.48 bits per heavy atom. The number of piperidine rings is 1. The Morgan fingerprint density at radius 2 is 1.92 bits per heavy atom. The van der Waals surface area contributed by atoms with Crippen molar-refractivity contribution >= 4 is 17.7 Å². The number of aliphatic hydroxyl groups excluding tert-OH is 1. The number of rotatable bonds is 6. The highest BCUT2D eigenvalue weighted by molar-refractivity contribution is 5.82. The number of amides is 2. The second kappa shape index (κ2) is 8.97. The monoisotopic (exact) mass is 351 g/mol. The van der Waals surface area contributed by atoms with Crippen molar-refractivity contribution in [3.05, 3.63) is 39.9 Å². The van der Waals surface area contributed by atoms with Crippen LogP contribution >= 0.6 is 0 Å². The Morgan fingerprint density at radius 1 is 1.28 bits per heavy atom. The second-order valence-electron chi connectivity index (χ2n) is 5.86. The molecule has 0 bridgehead atoms. The SMILES string of the molecule is O=C(NCC(=O)N1CCC(CO)CC1)OCc1ccc([N+](=O)[O-])cc1. The molecule has 0 aromatic heterocycles. The van der Waals surface area contributed by atoms with Crippen LogP contribution < -0.4 is 5.32 Å². The van der Waals surface area contributed by atoms with Crippen LogP contribution in [0, 0.1) is 16.0 Å². The molecular formula is C16H21N3O6. The summed E-state index contributed by atoms with van der Waals surface area (Å²) in [5.41, 5.74) is 0.571. The maximum Gasteiger partial charge on any atom is 0.407 e. The summed E-state index contributed by atoms with van der Waals surface area (Å²) in [5, 5.41) is 22.0. The number of alkyl carbamates (subject to hydrolysis) is 1. The summed E-state index contributed by atoms with van der Waals surface area (Å²) in [6.45, 7) is 1.09. The number of carbonyl (C=O) groups is 2. The van der Waals surface area contributed by atoms with Gasteiger partial charge in [-0.15, -0.1) is 0 Å². The number of nitro groups is 1. The fraction of sp³-hybridized carbons (Fsp3) is 0.500. The predicted octanol–water partition coefficient (Wildman–Crippen LogP) is 1.05. The van der Waals surface area contributed by atoms with Crippen molar-refractivity contribution in [2.45, 2.75) is 19.4 Å². The van der Waals surface area contributed by atoms with Gasteiger partial charge in [-0.1, -0.05) is 0 Å². The molecule has 1 aliphatic rings. The van der Waals surface area contributed by atoms with Gasteiger partial charge in [-0.05, 0) is 36.5 Å². The highest BCUT2D eigenvalue weighted by Gasteiger charge is 2.22. The van der Waals surface area contributed by atoms with Crippen molar-refractivity contribution in [1.82, 2.24) is 10.2 Å². The summed E-state index contributed by atoms with van der Waals surface area (Å²) in [6.07, 6.45) is 0.789. The van der Waals surface area contributed by atoms with Crippen LogP contribution in [0.3, 0.4) is 0 Å². The van der Waals surface area contributed by atoms with E-state index in [0.717, 1.165) is 12.8 Å². The molecule has 1 heterocycles. The van der Waals surface area contributed by atoms with Crippen LogP contribution in [-0.4, -0.2) is 53.2 Å². The van der Waals surface area contributed by atoms with Gasteiger partial charge in [-0.25, -0.2) is 4.79 Å². The van der Waals surface area contributed by atoms with Gasteiger partial charge in [0.25, 0.3) is 5.69 Å². The van der Waals surface area contributed by atoms with Gasteiger partial charge in [0.05, 0.1) is 4.92 Å². The van der Waals surface area contributed by atoms with Gasteiger partial charge in [0.2, 0.25) is 5.91 Å². The van der Waals surface area contributed by atoms with Crippen molar-refractivity contribution in [1.29, 1.82) is 0 Å². The molecule has 1 saturated heterocycles. The van der Waals surface area contributed by atoms with E-state index in [1.807, 2.05) is 0 Å². The zero-order valence-corrected chi connectivity index (χ0v) is 13.7. The van der Waals surface area contributed by atoms with Crippen molar-refractivity contribution < 1.29 is 24.4 Å². The smallest absolute Gasteiger partial charge is 0.407 e. The lowest BCUT2D eigenvalue weighted by Gasteiger charge is -2.31. The zero-order valence-electron chi connectivity index (χ0n) is 13.7. The maximum absolute atomic E-state index is 12.0. The quantitative estimate of drug-likeness (QED) is 0.583. The lowest BCUT2D eigenvalue weighted by Crippen LogP contribution is -2.44. The van der Waals surface area contributed by atoms with E-state index in [9.17, 15) is 19.7 Å². The average molecular weight is 351 g/mol. The van der Waals surface area contributed by atoms with Crippen LogP contribution in [0.2, 0.25) is 0 Å². The van der Waals surface area contributed by atoms with Crippen LogP contribution in [0.15, 0.2) is 24.3 Å². The molecule has 2 N–H and O–H groups in total. The van der Waals surface area contributed by atoms with Crippen molar-refractivity contribution in [3.63, 3.8) is 0 Å². The number of non-ortho nitro benzene ring substituents is 1. The molecule has 0 radical (unpaired) electrons. The normalized spacial score (nSPS) is 14.8. The molecule has 0 saturated carbocycles. The number of nitro benzene ring substituents is 1. The summed E-state index contributed by atoms with van der Waals surface area (Å²) in [5.74, 6) is 0.0485. The van der Waals surface area contributed by atoms with Gasteiger partial charge in [-0.2, -0.15) is 0 Å². The minimum absolute atomic E-state index is 0.0382. The Bertz CT molecular complexity index is 611. The van der Waals surface area contributed by atoms with Crippen LogP contribution in [0.4, 0.5) is 10.5 Å². The lowest BCUT2D eigenvalue weighted by atomic mass is 9.98. The number of hydrogen-bond acceptors (Lipinski definition) is 6. The van der Waals surface area contributed by atoms with E-state index in [0.29, 0.717) is 18.7 Å². The molecule has 1 aromatic carbocycles. The van der Waals surface area contributed by atoms with Gasteiger partial charge >= 0.3 is 6.09 Å². The standard InChI is InChI=1S/C16H21N3O6/c20-10-12-5-7-18(8-6-12)15(21)9-17-16(22)25-11-13-1-3-14(4-2-13)19(23)24/h1-4,12,20H,5-11H2,(H,17,22). The number of nitrogens with one attached hydrogen (secondary N) is 1. The number of carbonyl (C=O) groups excluding carboxylic acids is 2. The Balaban J connectivity index is 1.68. The molecule has 9 heteroatoms. The van der Waals surface area contributed by atoms with Crippen molar-refractivity contribution in [2.24, 2.45) is 5.92 Å². The van der Waals surface area contributed by atoms with E-state index >= 15 is 0 Å². The fourth-order valence-corrected chi connectivity index (χ4v) is 2.54. The Kier molecular flexibility index (Phi) is 6.70. The molecule has 2 rings (SSSR count). The molecule has 9 nitrogen and oxygen atoms in total. The lowest BCUT2D eigenvalue weighted by molar-refractivity contribution is -0.384. The molecular weight excluding hydrogens is 330 g/mol. The van der Waals surface area contributed by atoms with Crippen molar-refractivity contribution in [3.8, 4) is 0 Å². The first kappa shape index (κ1) is 18.7. The Hall–Kier alpha value is -2.68. The number of aliphatic hydroxyl groups is 1. The van der Waals surface area contributed by atoms with Crippen molar-refractivity contribution in [2.75, 3.05) is 26.2 Å². The van der Waals surface area contributed by atoms with Crippen LogP contribution in [0.25, 0.3) is 0 Å². The predicted molar refractivity (Wildman–Crippen MR) is 87.7 cm³/mol. The molecule has 1 aliphatic heterocycles. The molecule has 25 heavy (non-hydrogen) atoms. The summed E-state index contributed by atoms with van der Waals surface area (Å²) in [4.78, 5) is 35.3. The highest BCUT2D eigenvalue weighted by Crippen LogP contribution is 2.16. The van der Waals surface area contributed by atoms with E-state index in [2.05, 4.69) is 5.32 Å². The molecule has 0 spiro atoms. The Labute approximate surface area is 144 Å². The van der Waals surface area contributed by atoms with E-state index in [-0.39, 0.29) is 37.3 Å². The highest BCUT2D eigenvalue weighted by atomic mass is 16.6. The molecule has 1 aromatic rings. The number of ether oxygens (including phenoxy) is 1. The van der Waals surface area contributed by atoms with Gasteiger partial charge < -0.3 is 20.1 Å². The van der Waals surface area contributed by atoms with Gasteiger partial charge in [0, 0.05) is 31.8 Å². The van der Waals surface area contributed by atoms with Crippen LogP contribution in [0.5, 0.6) is 0 Å². The van der Waals surface area contributed by atoms with E-state index in [1.165, 1.54) is 24.3 Å². The summed E-state index contributed by atoms with van der Waals surface area (Å²) in [6, 6.07) is 5.66. The first-order valence-electron chi connectivity index (χ1n) is 8.02. The van der Waals surface area contributed by atoms with Crippen LogP contribution in [-0.2, 0) is 16.1 Å². The third-order valence-electron chi connectivity index (χ3n) is 4.13. The van der Waals surface area contributed by atoms with Gasteiger partial charge in [0.15, 0.2) is 0 Å². The largest absolute Gasteiger partial charge is 0.445 e. The molecule has 2 amide bonds. The third kappa shape index (κ3) is 5.71. The maximum atomic E-state index is 12.0. The summed E-state index contributed by atoms with van der Waals surface area (Å²) in [7, 11) is 0. The molecule has 0 atom stereocenters. The number of likely N-dealkylation sites (tertiary alicyclic amines) is 1. The molecule has 0 unspecified atom stereocenters. The van der Waals surface area contributed by atoms with E-state index in [4.69, 9.17) is 9.84 Å². The van der Waals surface area contributed by atoms with E-state index in [1.54, 1.807) is 4.90 Å². The zero-order chi connectivity index (χ0) is 18.2. The van der Waals surface area contributed by atoms with E-state index < -0.39 is 11.0 Å².